The van der Waals surface area contributed by atoms with E-state index in [0.717, 1.165) is 31.9 Å². The van der Waals surface area contributed by atoms with Gasteiger partial charge in [0.25, 0.3) is 5.56 Å². The number of hydrogen-bond acceptors (Lipinski definition) is 5. The molecule has 1 aromatic carbocycles. The molecular weight excluding hydrogens is 366 g/mol. The summed E-state index contributed by atoms with van der Waals surface area (Å²) in [5.41, 5.74) is 0.331. The number of rotatable bonds is 5. The number of aromatic nitrogens is 1. The van der Waals surface area contributed by atoms with E-state index in [9.17, 15) is 18.0 Å². The highest BCUT2D eigenvalue weighted by atomic mass is 32.2. The van der Waals surface area contributed by atoms with E-state index in [1.807, 2.05) is 0 Å². The Balaban J connectivity index is 1.71. The number of ketones is 1. The average molecular weight is 389 g/mol. The van der Waals surface area contributed by atoms with Crippen LogP contribution in [0, 0.1) is 5.92 Å². The molecule has 3 rings (SSSR count). The van der Waals surface area contributed by atoms with Crippen LogP contribution < -0.4 is 10.3 Å². The number of Topliss-reactive ketones (excluding diaryl/α,β-unsaturated/α-hetero) is 1. The van der Waals surface area contributed by atoms with Crippen molar-refractivity contribution in [3.63, 3.8) is 0 Å². The Bertz CT molecular complexity index is 984. The maximum Gasteiger partial charge on any atom is 0.258 e. The fourth-order valence-electron chi connectivity index (χ4n) is 3.38. The number of sulfone groups is 1. The first-order chi connectivity index (χ1) is 12.7. The molecule has 1 fully saturated rings. The van der Waals surface area contributed by atoms with Crippen LogP contribution in [0.2, 0.25) is 0 Å². The lowest BCUT2D eigenvalue weighted by molar-refractivity contribution is -0.122. The predicted molar refractivity (Wildman–Crippen MR) is 102 cm³/mol. The summed E-state index contributed by atoms with van der Waals surface area (Å²) in [4.78, 5) is 24.1. The molecule has 1 aromatic heterocycles. The lowest BCUT2D eigenvalue weighted by Crippen LogP contribution is -2.27. The second-order valence-corrected chi connectivity index (χ2v) is 9.05. The smallest absolute Gasteiger partial charge is 0.258 e. The van der Waals surface area contributed by atoms with Gasteiger partial charge in [-0.2, -0.15) is 0 Å². The molecule has 0 spiro atoms. The highest BCUT2D eigenvalue weighted by Crippen LogP contribution is 2.28. The zero-order chi connectivity index (χ0) is 19.6. The predicted octanol–water partition coefficient (Wildman–Crippen LogP) is 2.77. The van der Waals surface area contributed by atoms with Gasteiger partial charge < -0.3 is 4.74 Å². The molecule has 1 saturated carbocycles. The normalized spacial score (nSPS) is 20.2. The standard InChI is InChI=1S/C20H23NO5S/c1-14(22)15-3-7-17(8-4-15)26-18-11-12-21(20(23)13-18)16-5-9-19(10-6-16)27(2,24)25/h5-6,9-13,15,17H,3-4,7-8H2,1-2H3. The topological polar surface area (TPSA) is 82.4 Å². The van der Waals surface area contributed by atoms with E-state index in [0.29, 0.717) is 11.4 Å². The molecule has 6 nitrogen and oxygen atoms in total. The van der Waals surface area contributed by atoms with Crippen molar-refractivity contribution in [2.75, 3.05) is 6.26 Å². The van der Waals surface area contributed by atoms with Crippen LogP contribution in [0.5, 0.6) is 5.75 Å². The fraction of sp³-hybridized carbons (Fsp3) is 0.400. The van der Waals surface area contributed by atoms with Gasteiger partial charge in [0.1, 0.15) is 11.5 Å². The van der Waals surface area contributed by atoms with Gasteiger partial charge in [-0.15, -0.1) is 0 Å². The van der Waals surface area contributed by atoms with E-state index in [-0.39, 0.29) is 28.3 Å². The fourth-order valence-corrected chi connectivity index (χ4v) is 4.01. The summed E-state index contributed by atoms with van der Waals surface area (Å²) < 4.78 is 30.4. The molecule has 0 bridgehead atoms. The van der Waals surface area contributed by atoms with Crippen LogP contribution in [0.25, 0.3) is 5.69 Å². The lowest BCUT2D eigenvalue weighted by atomic mass is 9.85. The molecule has 0 aliphatic heterocycles. The zero-order valence-corrected chi connectivity index (χ0v) is 16.2. The Labute approximate surface area is 158 Å². The lowest BCUT2D eigenvalue weighted by Gasteiger charge is -2.27. The van der Waals surface area contributed by atoms with E-state index in [1.165, 1.54) is 22.8 Å². The van der Waals surface area contributed by atoms with E-state index in [1.54, 1.807) is 31.3 Å². The van der Waals surface area contributed by atoms with Gasteiger partial charge in [0, 0.05) is 30.1 Å². The van der Waals surface area contributed by atoms with Crippen molar-refractivity contribution >= 4 is 15.6 Å². The highest BCUT2D eigenvalue weighted by Gasteiger charge is 2.25. The van der Waals surface area contributed by atoms with Crippen molar-refractivity contribution in [1.29, 1.82) is 0 Å². The number of carbonyl (C=O) groups is 1. The van der Waals surface area contributed by atoms with Crippen molar-refractivity contribution in [3.8, 4) is 11.4 Å². The first kappa shape index (κ1) is 19.4. The van der Waals surface area contributed by atoms with Gasteiger partial charge in [-0.05, 0) is 62.9 Å². The minimum atomic E-state index is -3.27. The first-order valence-corrected chi connectivity index (χ1v) is 10.8. The summed E-state index contributed by atoms with van der Waals surface area (Å²) >= 11 is 0. The Morgan fingerprint density at radius 2 is 1.70 bits per heavy atom. The number of pyridine rings is 1. The third kappa shape index (κ3) is 4.66. The van der Waals surface area contributed by atoms with Gasteiger partial charge in [-0.25, -0.2) is 8.42 Å². The van der Waals surface area contributed by atoms with Gasteiger partial charge >= 0.3 is 0 Å². The third-order valence-corrected chi connectivity index (χ3v) is 6.11. The molecule has 0 N–H and O–H groups in total. The number of benzene rings is 1. The Hall–Kier alpha value is -2.41. The largest absolute Gasteiger partial charge is 0.490 e. The van der Waals surface area contributed by atoms with Gasteiger partial charge in [-0.3, -0.25) is 14.2 Å². The monoisotopic (exact) mass is 389 g/mol. The first-order valence-electron chi connectivity index (χ1n) is 8.94. The van der Waals surface area contributed by atoms with Crippen LogP contribution in [0.4, 0.5) is 0 Å². The zero-order valence-electron chi connectivity index (χ0n) is 15.4. The number of hydrogen-bond donors (Lipinski definition) is 0. The second kappa shape index (κ2) is 7.68. The van der Waals surface area contributed by atoms with Crippen LogP contribution in [0.15, 0.2) is 52.3 Å². The molecule has 1 heterocycles. The summed E-state index contributed by atoms with van der Waals surface area (Å²) in [5, 5.41) is 0. The molecule has 27 heavy (non-hydrogen) atoms. The number of nitrogens with zero attached hydrogens (tertiary/aromatic N) is 1. The Morgan fingerprint density at radius 3 is 2.22 bits per heavy atom. The van der Waals surface area contributed by atoms with Crippen molar-refractivity contribution in [1.82, 2.24) is 4.57 Å². The van der Waals surface area contributed by atoms with Crippen LogP contribution >= 0.6 is 0 Å². The van der Waals surface area contributed by atoms with Crippen LogP contribution in [0.1, 0.15) is 32.6 Å². The van der Waals surface area contributed by atoms with Crippen LogP contribution in [0.3, 0.4) is 0 Å². The van der Waals surface area contributed by atoms with Gasteiger partial charge in [0.2, 0.25) is 0 Å². The minimum Gasteiger partial charge on any atom is -0.490 e. The van der Waals surface area contributed by atoms with Gasteiger partial charge in [-0.1, -0.05) is 0 Å². The molecule has 1 aliphatic carbocycles. The van der Waals surface area contributed by atoms with Crippen LogP contribution in [-0.2, 0) is 14.6 Å². The molecule has 0 unspecified atom stereocenters. The molecule has 0 atom stereocenters. The van der Waals surface area contributed by atoms with Crippen molar-refractivity contribution in [2.45, 2.75) is 43.6 Å². The van der Waals surface area contributed by atoms with Gasteiger partial charge in [0.15, 0.2) is 9.84 Å². The third-order valence-electron chi connectivity index (χ3n) is 4.99. The molecular formula is C20H23NO5S. The quantitative estimate of drug-likeness (QED) is 0.785. The van der Waals surface area contributed by atoms with Crippen LogP contribution in [-0.4, -0.2) is 31.1 Å². The van der Waals surface area contributed by atoms with Crippen molar-refractivity contribution in [2.24, 2.45) is 5.92 Å². The maximum absolute atomic E-state index is 12.4. The Kier molecular flexibility index (Phi) is 5.51. The highest BCUT2D eigenvalue weighted by molar-refractivity contribution is 7.90. The maximum atomic E-state index is 12.4. The summed E-state index contributed by atoms with van der Waals surface area (Å²) in [6.07, 6.45) is 6.04. The minimum absolute atomic E-state index is 0.0184. The summed E-state index contributed by atoms with van der Waals surface area (Å²) in [6.45, 7) is 1.63. The summed E-state index contributed by atoms with van der Waals surface area (Å²) in [7, 11) is -3.27. The second-order valence-electron chi connectivity index (χ2n) is 7.04. The average Bonchev–Trinajstić information content (AvgIpc) is 2.62. The molecule has 2 aromatic rings. The molecule has 1 aliphatic rings. The van der Waals surface area contributed by atoms with Crippen molar-refractivity contribution < 1.29 is 17.9 Å². The van der Waals surface area contributed by atoms with Gasteiger partial charge in [0.05, 0.1) is 11.0 Å². The molecule has 0 amide bonds. The van der Waals surface area contributed by atoms with E-state index < -0.39 is 9.84 Å². The summed E-state index contributed by atoms with van der Waals surface area (Å²) in [6, 6.07) is 9.32. The SMILES string of the molecule is CC(=O)C1CCC(Oc2ccn(-c3ccc(S(C)(=O)=O)cc3)c(=O)c2)CC1. The number of ether oxygens (including phenoxy) is 1. The molecule has 7 heteroatoms. The Morgan fingerprint density at radius 1 is 1.07 bits per heavy atom. The van der Waals surface area contributed by atoms with E-state index >= 15 is 0 Å². The summed E-state index contributed by atoms with van der Waals surface area (Å²) in [5.74, 6) is 0.876. The molecule has 0 saturated heterocycles. The molecule has 0 radical (unpaired) electrons. The van der Waals surface area contributed by atoms with Crippen molar-refractivity contribution in [3.05, 3.63) is 52.9 Å². The van der Waals surface area contributed by atoms with E-state index in [4.69, 9.17) is 4.74 Å². The number of carbonyl (C=O) groups excluding carboxylic acids is 1. The van der Waals surface area contributed by atoms with E-state index in [2.05, 4.69) is 0 Å². The molecule has 144 valence electrons.